The average Bonchev–Trinajstić information content (AvgIpc) is 2.69. The summed E-state index contributed by atoms with van der Waals surface area (Å²) in [6.45, 7) is 3.79. The van der Waals surface area contributed by atoms with Gasteiger partial charge in [0, 0.05) is 24.9 Å². The van der Waals surface area contributed by atoms with Gasteiger partial charge in [0.1, 0.15) is 0 Å². The number of carboxylic acid groups (broad SMARTS) is 1. The van der Waals surface area contributed by atoms with Crippen LogP contribution < -0.4 is 5.69 Å². The van der Waals surface area contributed by atoms with E-state index >= 15 is 0 Å². The van der Waals surface area contributed by atoms with Gasteiger partial charge in [-0.1, -0.05) is 26.0 Å². The van der Waals surface area contributed by atoms with Crippen LogP contribution in [0.25, 0.3) is 5.69 Å². The van der Waals surface area contributed by atoms with Crippen molar-refractivity contribution in [2.24, 2.45) is 7.05 Å². The van der Waals surface area contributed by atoms with Crippen LogP contribution in [0.1, 0.15) is 25.8 Å². The molecule has 1 heterocycles. The zero-order valence-electron chi connectivity index (χ0n) is 11.8. The number of rotatable bonds is 4. The first-order chi connectivity index (χ1) is 9.31. The second-order valence-electron chi connectivity index (χ2n) is 5.56. The molecule has 0 aliphatic carbocycles. The Bertz CT molecular complexity index is 678. The topological polar surface area (TPSA) is 64.2 Å². The van der Waals surface area contributed by atoms with Crippen LogP contribution in [-0.4, -0.2) is 20.2 Å². The van der Waals surface area contributed by atoms with E-state index in [9.17, 15) is 9.59 Å². The van der Waals surface area contributed by atoms with Gasteiger partial charge in [0.15, 0.2) is 0 Å². The molecule has 0 saturated heterocycles. The van der Waals surface area contributed by atoms with Gasteiger partial charge in [0.25, 0.3) is 0 Å². The molecule has 0 amide bonds. The molecule has 1 aromatic carbocycles. The van der Waals surface area contributed by atoms with E-state index in [0.717, 1.165) is 11.3 Å². The molecular formula is C15H18N2O3. The SMILES string of the molecule is Cn1ccn(-c2ccc(C(C)(C)CC(=O)O)cc2)c1=O. The van der Waals surface area contributed by atoms with E-state index in [1.165, 1.54) is 4.57 Å². The number of hydrogen-bond acceptors (Lipinski definition) is 2. The largest absolute Gasteiger partial charge is 0.481 e. The Morgan fingerprint density at radius 3 is 2.25 bits per heavy atom. The van der Waals surface area contributed by atoms with Crippen molar-refractivity contribution in [3.8, 4) is 5.69 Å². The van der Waals surface area contributed by atoms with Crippen LogP contribution in [0.2, 0.25) is 0 Å². The number of carboxylic acids is 1. The molecule has 0 atom stereocenters. The lowest BCUT2D eigenvalue weighted by atomic mass is 9.81. The van der Waals surface area contributed by atoms with E-state index in [0.29, 0.717) is 0 Å². The van der Waals surface area contributed by atoms with Crippen LogP contribution in [0.3, 0.4) is 0 Å². The summed E-state index contributed by atoms with van der Waals surface area (Å²) in [4.78, 5) is 22.7. The molecule has 0 radical (unpaired) electrons. The molecule has 1 aromatic heterocycles. The third-order valence-corrected chi connectivity index (χ3v) is 3.47. The summed E-state index contributed by atoms with van der Waals surface area (Å²) in [6.07, 6.45) is 3.47. The minimum atomic E-state index is -0.821. The molecule has 20 heavy (non-hydrogen) atoms. The highest BCUT2D eigenvalue weighted by molar-refractivity contribution is 5.68. The summed E-state index contributed by atoms with van der Waals surface area (Å²) in [5.74, 6) is -0.821. The molecule has 0 unspecified atom stereocenters. The molecule has 2 rings (SSSR count). The first kappa shape index (κ1) is 14.1. The van der Waals surface area contributed by atoms with Crippen molar-refractivity contribution < 1.29 is 9.90 Å². The zero-order chi connectivity index (χ0) is 14.9. The Balaban J connectivity index is 2.33. The van der Waals surface area contributed by atoms with Crippen LogP contribution >= 0.6 is 0 Å². The summed E-state index contributed by atoms with van der Waals surface area (Å²) < 4.78 is 3.05. The van der Waals surface area contributed by atoms with Crippen molar-refractivity contribution in [2.75, 3.05) is 0 Å². The summed E-state index contributed by atoms with van der Waals surface area (Å²) in [7, 11) is 1.70. The van der Waals surface area contributed by atoms with Gasteiger partial charge in [0.2, 0.25) is 0 Å². The van der Waals surface area contributed by atoms with Crippen molar-refractivity contribution in [3.05, 3.63) is 52.7 Å². The Morgan fingerprint density at radius 2 is 1.80 bits per heavy atom. The summed E-state index contributed by atoms with van der Waals surface area (Å²) in [6, 6.07) is 7.41. The lowest BCUT2D eigenvalue weighted by Crippen LogP contribution is -2.22. The molecule has 5 heteroatoms. The fourth-order valence-corrected chi connectivity index (χ4v) is 2.21. The highest BCUT2D eigenvalue weighted by Gasteiger charge is 2.23. The van der Waals surface area contributed by atoms with Gasteiger partial charge >= 0.3 is 11.7 Å². The first-order valence-corrected chi connectivity index (χ1v) is 6.38. The highest BCUT2D eigenvalue weighted by atomic mass is 16.4. The molecule has 5 nitrogen and oxygen atoms in total. The minimum absolute atomic E-state index is 0.0671. The second kappa shape index (κ2) is 5.00. The van der Waals surface area contributed by atoms with Crippen LogP contribution in [0.5, 0.6) is 0 Å². The number of nitrogens with zero attached hydrogens (tertiary/aromatic N) is 2. The van der Waals surface area contributed by atoms with Crippen LogP contribution in [-0.2, 0) is 17.3 Å². The smallest absolute Gasteiger partial charge is 0.332 e. The number of benzene rings is 1. The molecule has 1 N–H and O–H groups in total. The number of aromatic nitrogens is 2. The molecular weight excluding hydrogens is 256 g/mol. The van der Waals surface area contributed by atoms with Crippen molar-refractivity contribution in [2.45, 2.75) is 25.7 Å². The Hall–Kier alpha value is -2.30. The van der Waals surface area contributed by atoms with Crippen LogP contribution in [0.15, 0.2) is 41.5 Å². The van der Waals surface area contributed by atoms with Gasteiger partial charge in [-0.2, -0.15) is 0 Å². The van der Waals surface area contributed by atoms with Crippen LogP contribution in [0.4, 0.5) is 0 Å². The Kier molecular flexibility index (Phi) is 3.53. The zero-order valence-corrected chi connectivity index (χ0v) is 11.8. The number of carbonyl (C=O) groups is 1. The molecule has 0 saturated carbocycles. The van der Waals surface area contributed by atoms with Crippen molar-refractivity contribution in [1.29, 1.82) is 0 Å². The van der Waals surface area contributed by atoms with Crippen molar-refractivity contribution in [3.63, 3.8) is 0 Å². The lowest BCUT2D eigenvalue weighted by Gasteiger charge is -2.23. The maximum Gasteiger partial charge on any atom is 0.332 e. The van der Waals surface area contributed by atoms with E-state index in [-0.39, 0.29) is 12.1 Å². The molecule has 2 aromatic rings. The van der Waals surface area contributed by atoms with Gasteiger partial charge in [-0.3, -0.25) is 9.36 Å². The van der Waals surface area contributed by atoms with Gasteiger partial charge in [-0.25, -0.2) is 4.79 Å². The number of hydrogen-bond donors (Lipinski definition) is 1. The molecule has 0 aliphatic heterocycles. The normalized spacial score (nSPS) is 11.6. The molecule has 0 spiro atoms. The van der Waals surface area contributed by atoms with E-state index in [2.05, 4.69) is 0 Å². The maximum absolute atomic E-state index is 11.8. The quantitative estimate of drug-likeness (QED) is 0.926. The fraction of sp³-hybridized carbons (Fsp3) is 0.333. The summed E-state index contributed by atoms with van der Waals surface area (Å²) in [5, 5.41) is 8.93. The third kappa shape index (κ3) is 2.66. The molecule has 106 valence electrons. The van der Waals surface area contributed by atoms with Gasteiger partial charge in [0.05, 0.1) is 12.1 Å². The predicted molar refractivity (Wildman–Crippen MR) is 76.3 cm³/mol. The van der Waals surface area contributed by atoms with E-state index in [1.807, 2.05) is 38.1 Å². The number of imidazole rings is 1. The summed E-state index contributed by atoms with van der Waals surface area (Å²) >= 11 is 0. The second-order valence-corrected chi connectivity index (χ2v) is 5.56. The number of aliphatic carboxylic acids is 1. The van der Waals surface area contributed by atoms with Crippen molar-refractivity contribution >= 4 is 5.97 Å². The monoisotopic (exact) mass is 274 g/mol. The first-order valence-electron chi connectivity index (χ1n) is 6.38. The minimum Gasteiger partial charge on any atom is -0.481 e. The molecule has 0 aliphatic rings. The highest BCUT2D eigenvalue weighted by Crippen LogP contribution is 2.27. The van der Waals surface area contributed by atoms with Gasteiger partial charge in [-0.15, -0.1) is 0 Å². The summed E-state index contributed by atoms with van der Waals surface area (Å²) in [5.41, 5.74) is 1.16. The van der Waals surface area contributed by atoms with Gasteiger partial charge < -0.3 is 9.67 Å². The number of aryl methyl sites for hydroxylation is 1. The maximum atomic E-state index is 11.8. The van der Waals surface area contributed by atoms with Gasteiger partial charge in [-0.05, 0) is 17.7 Å². The third-order valence-electron chi connectivity index (χ3n) is 3.47. The standard InChI is InChI=1S/C15H18N2O3/c1-15(2,10-13(18)19)11-4-6-12(7-5-11)17-9-8-16(3)14(17)20/h4-9H,10H2,1-3H3,(H,18,19). The van der Waals surface area contributed by atoms with Crippen molar-refractivity contribution in [1.82, 2.24) is 9.13 Å². The molecule has 0 fully saturated rings. The molecule has 0 bridgehead atoms. The lowest BCUT2D eigenvalue weighted by molar-refractivity contribution is -0.138. The Labute approximate surface area is 117 Å². The predicted octanol–water partition coefficient (Wildman–Crippen LogP) is 1.93. The van der Waals surface area contributed by atoms with E-state index in [4.69, 9.17) is 5.11 Å². The van der Waals surface area contributed by atoms with E-state index < -0.39 is 11.4 Å². The fourth-order valence-electron chi connectivity index (χ4n) is 2.21. The van der Waals surface area contributed by atoms with Crippen LogP contribution in [0, 0.1) is 0 Å². The van der Waals surface area contributed by atoms with E-state index in [1.54, 1.807) is 24.0 Å². The average molecular weight is 274 g/mol. The Morgan fingerprint density at radius 1 is 1.20 bits per heavy atom.